The number of hydrogen-bond acceptors (Lipinski definition) is 7. The summed E-state index contributed by atoms with van der Waals surface area (Å²) < 4.78 is 5.72. The van der Waals surface area contributed by atoms with E-state index in [1.807, 2.05) is 18.3 Å². The molecule has 6 rings (SSSR count). The molecular weight excluding hydrogens is 388 g/mol. The lowest BCUT2D eigenvalue weighted by Gasteiger charge is -2.33. The van der Waals surface area contributed by atoms with Crippen LogP contribution in [-0.2, 0) is 13.0 Å². The van der Waals surface area contributed by atoms with Crippen LogP contribution in [0.25, 0.3) is 10.9 Å². The van der Waals surface area contributed by atoms with Gasteiger partial charge in [-0.1, -0.05) is 11.6 Å². The molecule has 2 aliphatic rings. The molecule has 0 atom stereocenters. The molecule has 31 heavy (non-hydrogen) atoms. The van der Waals surface area contributed by atoms with Gasteiger partial charge in [-0.2, -0.15) is 0 Å². The predicted octanol–water partition coefficient (Wildman–Crippen LogP) is 3.82. The van der Waals surface area contributed by atoms with Crippen molar-refractivity contribution in [1.82, 2.24) is 19.9 Å². The van der Waals surface area contributed by atoms with Crippen molar-refractivity contribution >= 4 is 28.1 Å². The van der Waals surface area contributed by atoms with E-state index in [1.165, 1.54) is 11.1 Å². The molecule has 7 heteroatoms. The number of nitrogens with zero attached hydrogens (tertiary/aromatic N) is 6. The molecule has 0 fully saturated rings. The van der Waals surface area contributed by atoms with E-state index in [9.17, 15) is 0 Å². The number of ether oxygens (including phenoxy) is 1. The highest BCUT2D eigenvalue weighted by atomic mass is 16.5. The number of aromatic nitrogens is 4. The fraction of sp³-hybridized carbons (Fsp3) is 0.250. The first-order valence-electron chi connectivity index (χ1n) is 10.6. The average Bonchev–Trinajstić information content (AvgIpc) is 2.82. The minimum absolute atomic E-state index is 0.611. The molecule has 0 bridgehead atoms. The van der Waals surface area contributed by atoms with E-state index >= 15 is 0 Å². The van der Waals surface area contributed by atoms with Gasteiger partial charge in [-0.15, -0.1) is 0 Å². The molecule has 0 aliphatic carbocycles. The molecule has 0 saturated heterocycles. The fourth-order valence-electron chi connectivity index (χ4n) is 4.47. The van der Waals surface area contributed by atoms with Crippen LogP contribution in [0.2, 0.25) is 0 Å². The van der Waals surface area contributed by atoms with Crippen molar-refractivity contribution in [2.45, 2.75) is 19.9 Å². The summed E-state index contributed by atoms with van der Waals surface area (Å²) in [6.45, 7) is 5.16. The number of pyridine rings is 2. The quantitative estimate of drug-likeness (QED) is 0.498. The number of fused-ring (bicyclic) bond motifs is 3. The van der Waals surface area contributed by atoms with Gasteiger partial charge in [0.1, 0.15) is 24.4 Å². The van der Waals surface area contributed by atoms with E-state index in [-0.39, 0.29) is 0 Å². The maximum Gasteiger partial charge on any atom is 0.237 e. The fourth-order valence-corrected chi connectivity index (χ4v) is 4.47. The van der Waals surface area contributed by atoms with Gasteiger partial charge in [0.05, 0.1) is 23.9 Å². The van der Waals surface area contributed by atoms with Crippen LogP contribution in [0.3, 0.4) is 0 Å². The van der Waals surface area contributed by atoms with E-state index in [2.05, 4.69) is 55.9 Å². The number of rotatable bonds is 2. The molecule has 4 aromatic rings. The molecule has 0 radical (unpaired) electrons. The minimum Gasteiger partial charge on any atom is -0.474 e. The summed E-state index contributed by atoms with van der Waals surface area (Å²) in [6, 6.07) is 12.6. The van der Waals surface area contributed by atoms with Gasteiger partial charge in [0.25, 0.3) is 0 Å². The highest BCUT2D eigenvalue weighted by Crippen LogP contribution is 2.36. The van der Waals surface area contributed by atoms with Crippen LogP contribution in [0.1, 0.15) is 16.8 Å². The molecular formula is C24H22N6O. The zero-order chi connectivity index (χ0) is 20.8. The predicted molar refractivity (Wildman–Crippen MR) is 120 cm³/mol. The molecule has 0 unspecified atom stereocenters. The number of benzene rings is 1. The molecule has 2 aliphatic heterocycles. The Morgan fingerprint density at radius 3 is 2.94 bits per heavy atom. The van der Waals surface area contributed by atoms with Crippen LogP contribution < -0.4 is 14.5 Å². The Bertz CT molecular complexity index is 1290. The summed E-state index contributed by atoms with van der Waals surface area (Å²) in [5.41, 5.74) is 6.64. The second kappa shape index (κ2) is 7.19. The Balaban J connectivity index is 1.36. The first kappa shape index (κ1) is 18.1. The topological polar surface area (TPSA) is 67.3 Å². The Labute approximate surface area is 180 Å². The molecule has 0 spiro atoms. The van der Waals surface area contributed by atoms with Gasteiger partial charge in [0, 0.05) is 36.8 Å². The lowest BCUT2D eigenvalue weighted by molar-refractivity contribution is 0.301. The van der Waals surface area contributed by atoms with Crippen LogP contribution >= 0.6 is 0 Å². The first-order valence-corrected chi connectivity index (χ1v) is 10.6. The Hall–Kier alpha value is -3.74. The van der Waals surface area contributed by atoms with Crippen LogP contribution in [0.15, 0.2) is 55.1 Å². The van der Waals surface area contributed by atoms with Gasteiger partial charge >= 0.3 is 0 Å². The van der Waals surface area contributed by atoms with Gasteiger partial charge in [0.15, 0.2) is 0 Å². The average molecular weight is 410 g/mol. The summed E-state index contributed by atoms with van der Waals surface area (Å²) >= 11 is 0. The molecule has 7 nitrogen and oxygen atoms in total. The summed E-state index contributed by atoms with van der Waals surface area (Å²) in [6.07, 6.45) is 6.29. The van der Waals surface area contributed by atoms with E-state index in [0.717, 1.165) is 59.8 Å². The van der Waals surface area contributed by atoms with Gasteiger partial charge in [-0.3, -0.25) is 4.98 Å². The molecule has 1 aromatic carbocycles. The molecule has 154 valence electrons. The number of anilines is 3. The van der Waals surface area contributed by atoms with Crippen LogP contribution in [0, 0.1) is 6.92 Å². The standard InChI is InChI=1S/C24H22N6O/c1-16-4-5-21-19(11-16)23(28-15-27-21)29-8-6-20-17(14-29)12-18(13-26-20)30-9-10-31-24-22(30)3-2-7-25-24/h2-5,7,11-13,15H,6,8-10,14H2,1H3. The Morgan fingerprint density at radius 1 is 1.00 bits per heavy atom. The third-order valence-electron chi connectivity index (χ3n) is 6.00. The minimum atomic E-state index is 0.611. The zero-order valence-corrected chi connectivity index (χ0v) is 17.3. The second-order valence-electron chi connectivity index (χ2n) is 8.02. The Morgan fingerprint density at radius 2 is 1.97 bits per heavy atom. The lowest BCUT2D eigenvalue weighted by atomic mass is 10.0. The monoisotopic (exact) mass is 410 g/mol. The van der Waals surface area contributed by atoms with Crippen molar-refractivity contribution in [1.29, 1.82) is 0 Å². The van der Waals surface area contributed by atoms with Crippen LogP contribution in [-0.4, -0.2) is 39.6 Å². The van der Waals surface area contributed by atoms with E-state index < -0.39 is 0 Å². The third kappa shape index (κ3) is 3.13. The van der Waals surface area contributed by atoms with E-state index in [1.54, 1.807) is 12.5 Å². The lowest BCUT2D eigenvalue weighted by Crippen LogP contribution is -2.33. The van der Waals surface area contributed by atoms with Crippen molar-refractivity contribution in [2.75, 3.05) is 29.5 Å². The highest BCUT2D eigenvalue weighted by molar-refractivity contribution is 5.90. The number of hydrogen-bond donors (Lipinski definition) is 0. The van der Waals surface area contributed by atoms with Crippen molar-refractivity contribution in [3.05, 3.63) is 71.9 Å². The number of aryl methyl sites for hydroxylation is 1. The molecule has 0 amide bonds. The van der Waals surface area contributed by atoms with Crippen molar-refractivity contribution in [2.24, 2.45) is 0 Å². The first-order chi connectivity index (χ1) is 15.3. The van der Waals surface area contributed by atoms with Gasteiger partial charge in [-0.05, 0) is 42.8 Å². The van der Waals surface area contributed by atoms with Crippen molar-refractivity contribution in [3.63, 3.8) is 0 Å². The highest BCUT2D eigenvalue weighted by Gasteiger charge is 2.24. The summed E-state index contributed by atoms with van der Waals surface area (Å²) in [5, 5.41) is 1.10. The Kier molecular flexibility index (Phi) is 4.19. The summed E-state index contributed by atoms with van der Waals surface area (Å²) in [4.78, 5) is 22.8. The maximum absolute atomic E-state index is 5.72. The van der Waals surface area contributed by atoms with E-state index in [4.69, 9.17) is 9.72 Å². The SMILES string of the molecule is Cc1ccc2ncnc(N3CCc4ncc(N5CCOc6ncccc65)cc4C3)c2c1. The van der Waals surface area contributed by atoms with Crippen molar-refractivity contribution in [3.8, 4) is 5.88 Å². The second-order valence-corrected chi connectivity index (χ2v) is 8.02. The largest absolute Gasteiger partial charge is 0.474 e. The van der Waals surface area contributed by atoms with Gasteiger partial charge in [0.2, 0.25) is 5.88 Å². The smallest absolute Gasteiger partial charge is 0.237 e. The van der Waals surface area contributed by atoms with Crippen LogP contribution in [0.5, 0.6) is 5.88 Å². The third-order valence-corrected chi connectivity index (χ3v) is 6.00. The normalized spacial score (nSPS) is 15.4. The van der Waals surface area contributed by atoms with Crippen LogP contribution in [0.4, 0.5) is 17.2 Å². The van der Waals surface area contributed by atoms with Crippen molar-refractivity contribution < 1.29 is 4.74 Å². The summed E-state index contributed by atoms with van der Waals surface area (Å²) in [7, 11) is 0. The molecule has 0 N–H and O–H groups in total. The molecule has 5 heterocycles. The van der Waals surface area contributed by atoms with Gasteiger partial charge in [-0.25, -0.2) is 15.0 Å². The summed E-state index contributed by atoms with van der Waals surface area (Å²) in [5.74, 6) is 1.67. The van der Waals surface area contributed by atoms with E-state index in [0.29, 0.717) is 12.5 Å². The molecule has 0 saturated carbocycles. The molecule has 3 aromatic heterocycles. The van der Waals surface area contributed by atoms with Gasteiger partial charge < -0.3 is 14.5 Å². The maximum atomic E-state index is 5.72. The zero-order valence-electron chi connectivity index (χ0n) is 17.3.